The van der Waals surface area contributed by atoms with Gasteiger partial charge >= 0.3 is 0 Å². The standard InChI is InChI=1S/C13H20N2O2/c1-10-5-4-6-11(2)13(10)17-9-12(16)15(3)8-7-14/h4-6H,7-9,14H2,1-3H3. The van der Waals surface area contributed by atoms with Crippen LogP contribution in [0, 0.1) is 13.8 Å². The van der Waals surface area contributed by atoms with Gasteiger partial charge in [-0.3, -0.25) is 4.79 Å². The molecule has 0 unspecified atom stereocenters. The van der Waals surface area contributed by atoms with E-state index in [4.69, 9.17) is 10.5 Å². The van der Waals surface area contributed by atoms with Gasteiger partial charge in [0.25, 0.3) is 5.91 Å². The largest absolute Gasteiger partial charge is 0.483 e. The minimum absolute atomic E-state index is 0.0573. The van der Waals surface area contributed by atoms with Crippen LogP contribution in [0.5, 0.6) is 5.75 Å². The molecule has 0 aromatic heterocycles. The Balaban J connectivity index is 2.59. The molecule has 0 spiro atoms. The zero-order valence-electron chi connectivity index (χ0n) is 10.7. The van der Waals surface area contributed by atoms with E-state index in [1.54, 1.807) is 11.9 Å². The molecule has 1 aromatic carbocycles. The van der Waals surface area contributed by atoms with E-state index >= 15 is 0 Å². The Hall–Kier alpha value is -1.55. The fraction of sp³-hybridized carbons (Fsp3) is 0.462. The molecule has 1 aromatic rings. The van der Waals surface area contributed by atoms with Gasteiger partial charge in [-0.1, -0.05) is 18.2 Å². The first-order valence-corrected chi connectivity index (χ1v) is 5.69. The molecule has 4 heteroatoms. The molecule has 0 atom stereocenters. The number of nitrogens with zero attached hydrogens (tertiary/aromatic N) is 1. The number of benzene rings is 1. The fourth-order valence-electron chi connectivity index (χ4n) is 1.59. The Labute approximate surface area is 102 Å². The van der Waals surface area contributed by atoms with E-state index in [2.05, 4.69) is 0 Å². The first kappa shape index (κ1) is 13.5. The highest BCUT2D eigenvalue weighted by molar-refractivity contribution is 5.77. The molecule has 17 heavy (non-hydrogen) atoms. The molecule has 0 radical (unpaired) electrons. The minimum Gasteiger partial charge on any atom is -0.483 e. The smallest absolute Gasteiger partial charge is 0.260 e. The van der Waals surface area contributed by atoms with Crippen LogP contribution in [0.15, 0.2) is 18.2 Å². The average Bonchev–Trinajstić information content (AvgIpc) is 2.28. The van der Waals surface area contributed by atoms with Crippen LogP contribution in [0.2, 0.25) is 0 Å². The number of ether oxygens (including phenoxy) is 1. The van der Waals surface area contributed by atoms with E-state index in [1.165, 1.54) is 0 Å². The van der Waals surface area contributed by atoms with Gasteiger partial charge in [0.05, 0.1) is 0 Å². The first-order chi connectivity index (χ1) is 8.06. The van der Waals surface area contributed by atoms with E-state index in [0.29, 0.717) is 13.1 Å². The number of likely N-dealkylation sites (N-methyl/N-ethyl adjacent to an activating group) is 1. The van der Waals surface area contributed by atoms with Gasteiger partial charge in [-0.15, -0.1) is 0 Å². The van der Waals surface area contributed by atoms with Crippen LogP contribution >= 0.6 is 0 Å². The summed E-state index contributed by atoms with van der Waals surface area (Å²) in [5, 5.41) is 0. The molecule has 0 aliphatic heterocycles. The highest BCUT2D eigenvalue weighted by Gasteiger charge is 2.10. The Bertz CT molecular complexity index is 371. The van der Waals surface area contributed by atoms with E-state index in [0.717, 1.165) is 16.9 Å². The lowest BCUT2D eigenvalue weighted by atomic mass is 10.1. The lowest BCUT2D eigenvalue weighted by Crippen LogP contribution is -2.35. The lowest BCUT2D eigenvalue weighted by molar-refractivity contribution is -0.131. The predicted molar refractivity (Wildman–Crippen MR) is 68.1 cm³/mol. The van der Waals surface area contributed by atoms with Gasteiger partial charge in [0.1, 0.15) is 5.75 Å². The van der Waals surface area contributed by atoms with Gasteiger partial charge < -0.3 is 15.4 Å². The van der Waals surface area contributed by atoms with Crippen LogP contribution in [0.25, 0.3) is 0 Å². The summed E-state index contributed by atoms with van der Waals surface area (Å²) in [4.78, 5) is 13.3. The van der Waals surface area contributed by atoms with Crippen molar-refractivity contribution in [2.75, 3.05) is 26.7 Å². The molecule has 0 saturated carbocycles. The maximum Gasteiger partial charge on any atom is 0.260 e. The third-order valence-electron chi connectivity index (χ3n) is 2.64. The third-order valence-corrected chi connectivity index (χ3v) is 2.64. The SMILES string of the molecule is Cc1cccc(C)c1OCC(=O)N(C)CCN. The second-order valence-electron chi connectivity index (χ2n) is 4.11. The van der Waals surface area contributed by atoms with Crippen molar-refractivity contribution in [3.63, 3.8) is 0 Å². The van der Waals surface area contributed by atoms with Crippen molar-refractivity contribution in [1.29, 1.82) is 0 Å². The second kappa shape index (κ2) is 6.25. The monoisotopic (exact) mass is 236 g/mol. The number of hydrogen-bond acceptors (Lipinski definition) is 3. The van der Waals surface area contributed by atoms with E-state index in [1.807, 2.05) is 32.0 Å². The maximum absolute atomic E-state index is 11.7. The summed E-state index contributed by atoms with van der Waals surface area (Å²) in [6.45, 7) is 5.01. The first-order valence-electron chi connectivity index (χ1n) is 5.69. The highest BCUT2D eigenvalue weighted by Crippen LogP contribution is 2.22. The van der Waals surface area contributed by atoms with Crippen LogP contribution in [-0.2, 0) is 4.79 Å². The summed E-state index contributed by atoms with van der Waals surface area (Å²) in [6.07, 6.45) is 0. The zero-order valence-corrected chi connectivity index (χ0v) is 10.7. The van der Waals surface area contributed by atoms with Gasteiger partial charge in [-0.05, 0) is 25.0 Å². The molecule has 0 saturated heterocycles. The van der Waals surface area contributed by atoms with Crippen LogP contribution in [-0.4, -0.2) is 37.6 Å². The van der Waals surface area contributed by atoms with E-state index in [9.17, 15) is 4.79 Å². The number of hydrogen-bond donors (Lipinski definition) is 1. The topological polar surface area (TPSA) is 55.6 Å². The molecule has 0 bridgehead atoms. The maximum atomic E-state index is 11.7. The van der Waals surface area contributed by atoms with Crippen molar-refractivity contribution >= 4 is 5.91 Å². The molecule has 0 fully saturated rings. The Morgan fingerprint density at radius 3 is 2.47 bits per heavy atom. The Morgan fingerprint density at radius 1 is 1.35 bits per heavy atom. The van der Waals surface area contributed by atoms with Crippen LogP contribution in [0.4, 0.5) is 0 Å². The zero-order chi connectivity index (χ0) is 12.8. The number of rotatable bonds is 5. The van der Waals surface area contributed by atoms with Crippen molar-refractivity contribution in [3.8, 4) is 5.75 Å². The average molecular weight is 236 g/mol. The molecule has 94 valence electrons. The molecule has 0 heterocycles. The summed E-state index contributed by atoms with van der Waals surface area (Å²) in [5.74, 6) is 0.736. The van der Waals surface area contributed by atoms with Crippen molar-refractivity contribution in [2.45, 2.75) is 13.8 Å². The number of amides is 1. The second-order valence-corrected chi connectivity index (χ2v) is 4.11. The van der Waals surface area contributed by atoms with Crippen LogP contribution in [0.3, 0.4) is 0 Å². The summed E-state index contributed by atoms with van der Waals surface area (Å²) in [6, 6.07) is 5.91. The number of carbonyl (C=O) groups excluding carboxylic acids is 1. The predicted octanol–water partition coefficient (Wildman–Crippen LogP) is 1.10. The number of carbonyl (C=O) groups is 1. The number of para-hydroxylation sites is 1. The molecule has 0 aliphatic carbocycles. The van der Waals surface area contributed by atoms with Crippen LogP contribution in [0.1, 0.15) is 11.1 Å². The summed E-state index contributed by atoms with van der Waals surface area (Å²) in [7, 11) is 1.73. The van der Waals surface area contributed by atoms with Crippen LogP contribution < -0.4 is 10.5 Å². The highest BCUT2D eigenvalue weighted by atomic mass is 16.5. The van der Waals surface area contributed by atoms with Crippen molar-refractivity contribution in [2.24, 2.45) is 5.73 Å². The van der Waals surface area contributed by atoms with Gasteiger partial charge in [0.2, 0.25) is 0 Å². The summed E-state index contributed by atoms with van der Waals surface area (Å²) in [5.41, 5.74) is 7.47. The van der Waals surface area contributed by atoms with Crippen molar-refractivity contribution < 1.29 is 9.53 Å². The fourth-order valence-corrected chi connectivity index (χ4v) is 1.59. The van der Waals surface area contributed by atoms with Crippen molar-refractivity contribution in [3.05, 3.63) is 29.3 Å². The summed E-state index contributed by atoms with van der Waals surface area (Å²) >= 11 is 0. The number of nitrogens with two attached hydrogens (primary N) is 1. The molecular weight excluding hydrogens is 216 g/mol. The van der Waals surface area contributed by atoms with Gasteiger partial charge in [-0.2, -0.15) is 0 Å². The molecule has 0 aliphatic rings. The molecule has 1 amide bonds. The normalized spacial score (nSPS) is 10.1. The lowest BCUT2D eigenvalue weighted by Gasteiger charge is -2.17. The molecule has 1 rings (SSSR count). The molecule has 4 nitrogen and oxygen atoms in total. The minimum atomic E-state index is -0.0573. The van der Waals surface area contributed by atoms with E-state index < -0.39 is 0 Å². The van der Waals surface area contributed by atoms with Gasteiger partial charge in [-0.25, -0.2) is 0 Å². The summed E-state index contributed by atoms with van der Waals surface area (Å²) < 4.78 is 5.56. The van der Waals surface area contributed by atoms with Gasteiger partial charge in [0.15, 0.2) is 6.61 Å². The van der Waals surface area contributed by atoms with E-state index in [-0.39, 0.29) is 12.5 Å². The third kappa shape index (κ3) is 3.75. The Kier molecular flexibility index (Phi) is 4.97. The molecule has 2 N–H and O–H groups in total. The number of aryl methyl sites for hydroxylation is 2. The van der Waals surface area contributed by atoms with Crippen molar-refractivity contribution in [1.82, 2.24) is 4.90 Å². The Morgan fingerprint density at radius 2 is 1.94 bits per heavy atom. The van der Waals surface area contributed by atoms with Gasteiger partial charge in [0, 0.05) is 20.1 Å². The quantitative estimate of drug-likeness (QED) is 0.833. The molecular formula is C13H20N2O2.